The monoisotopic (exact) mass is 274 g/mol. The molecule has 104 valence electrons. The highest BCUT2D eigenvalue weighted by atomic mass is 32.2. The van der Waals surface area contributed by atoms with Crippen LogP contribution in [0.1, 0.15) is 32.6 Å². The van der Waals surface area contributed by atoms with E-state index < -0.39 is 9.84 Å². The van der Waals surface area contributed by atoms with Gasteiger partial charge in [-0.2, -0.15) is 0 Å². The number of carbonyl (C=O) groups excluding carboxylic acids is 1. The Morgan fingerprint density at radius 1 is 1.39 bits per heavy atom. The summed E-state index contributed by atoms with van der Waals surface area (Å²) in [5, 5.41) is 6.36. The molecule has 6 heteroatoms. The van der Waals surface area contributed by atoms with Gasteiger partial charge >= 0.3 is 0 Å². The first-order valence-electron chi connectivity index (χ1n) is 6.69. The minimum Gasteiger partial charge on any atom is -0.352 e. The van der Waals surface area contributed by atoms with Crippen LogP contribution in [-0.2, 0) is 14.6 Å². The Hall–Kier alpha value is -0.620. The molecule has 0 aromatic rings. The fourth-order valence-electron chi connectivity index (χ4n) is 2.80. The fraction of sp³-hybridized carbons (Fsp3) is 0.917. The third-order valence-electron chi connectivity index (χ3n) is 3.91. The topological polar surface area (TPSA) is 75.3 Å². The van der Waals surface area contributed by atoms with Crippen LogP contribution in [0.25, 0.3) is 0 Å². The Morgan fingerprint density at radius 3 is 2.78 bits per heavy atom. The lowest BCUT2D eigenvalue weighted by Crippen LogP contribution is -2.52. The average molecular weight is 274 g/mol. The van der Waals surface area contributed by atoms with Crippen LogP contribution in [0.15, 0.2) is 0 Å². The maximum Gasteiger partial charge on any atom is 0.220 e. The lowest BCUT2D eigenvalue weighted by molar-refractivity contribution is -0.122. The molecule has 18 heavy (non-hydrogen) atoms. The van der Waals surface area contributed by atoms with Crippen molar-refractivity contribution in [2.75, 3.05) is 18.1 Å². The van der Waals surface area contributed by atoms with Crippen LogP contribution in [0.3, 0.4) is 0 Å². The first kappa shape index (κ1) is 13.8. The maximum absolute atomic E-state index is 11.9. The smallest absolute Gasteiger partial charge is 0.220 e. The fourth-order valence-corrected chi connectivity index (χ4v) is 4.66. The van der Waals surface area contributed by atoms with Crippen LogP contribution < -0.4 is 10.6 Å². The van der Waals surface area contributed by atoms with Crippen molar-refractivity contribution in [1.82, 2.24) is 10.6 Å². The van der Waals surface area contributed by atoms with Crippen LogP contribution in [0.4, 0.5) is 0 Å². The molecule has 2 aliphatic rings. The molecular formula is C12H22N2O3S. The van der Waals surface area contributed by atoms with E-state index in [9.17, 15) is 13.2 Å². The Kier molecular flexibility index (Phi) is 4.27. The van der Waals surface area contributed by atoms with E-state index in [2.05, 4.69) is 17.6 Å². The molecule has 1 amide bonds. The third kappa shape index (κ3) is 3.68. The summed E-state index contributed by atoms with van der Waals surface area (Å²) in [5.41, 5.74) is 0. The molecule has 0 radical (unpaired) electrons. The van der Waals surface area contributed by atoms with Crippen molar-refractivity contribution in [3.63, 3.8) is 0 Å². The van der Waals surface area contributed by atoms with Gasteiger partial charge in [-0.15, -0.1) is 0 Å². The average Bonchev–Trinajstić information content (AvgIpc) is 2.61. The van der Waals surface area contributed by atoms with Gasteiger partial charge in [-0.05, 0) is 38.6 Å². The third-order valence-corrected chi connectivity index (χ3v) is 5.75. The number of carbonyl (C=O) groups is 1. The van der Waals surface area contributed by atoms with Gasteiger partial charge < -0.3 is 10.6 Å². The molecular weight excluding hydrogens is 252 g/mol. The Balaban J connectivity index is 1.78. The number of nitrogens with one attached hydrogen (secondary N) is 2. The first-order valence-corrected chi connectivity index (χ1v) is 8.51. The molecule has 3 atom stereocenters. The molecule has 0 spiro atoms. The van der Waals surface area contributed by atoms with E-state index in [1.54, 1.807) is 0 Å². The van der Waals surface area contributed by atoms with E-state index in [0.29, 0.717) is 18.9 Å². The van der Waals surface area contributed by atoms with E-state index in [-0.39, 0.29) is 29.4 Å². The van der Waals surface area contributed by atoms with Crippen LogP contribution in [0.5, 0.6) is 0 Å². The molecule has 0 bridgehead atoms. The van der Waals surface area contributed by atoms with Crippen molar-refractivity contribution in [2.45, 2.75) is 44.7 Å². The second-order valence-corrected chi connectivity index (χ2v) is 7.76. The summed E-state index contributed by atoms with van der Waals surface area (Å²) >= 11 is 0. The lowest BCUT2D eigenvalue weighted by Gasteiger charge is -2.30. The number of rotatable bonds is 3. The summed E-state index contributed by atoms with van der Waals surface area (Å²) in [6, 6.07) is 0.485. The van der Waals surface area contributed by atoms with Gasteiger partial charge in [0.25, 0.3) is 0 Å². The lowest BCUT2D eigenvalue weighted by atomic mass is 9.98. The molecule has 0 saturated carbocycles. The molecule has 2 saturated heterocycles. The van der Waals surface area contributed by atoms with Gasteiger partial charge in [-0.1, -0.05) is 0 Å². The summed E-state index contributed by atoms with van der Waals surface area (Å²) in [6.07, 6.45) is 3.06. The zero-order valence-electron chi connectivity index (χ0n) is 10.8. The van der Waals surface area contributed by atoms with Crippen LogP contribution in [0, 0.1) is 5.92 Å². The molecule has 2 aliphatic heterocycles. The van der Waals surface area contributed by atoms with Crippen LogP contribution in [-0.4, -0.2) is 44.5 Å². The quantitative estimate of drug-likeness (QED) is 0.763. The summed E-state index contributed by atoms with van der Waals surface area (Å²) in [5.74, 6) is 0.435. The van der Waals surface area contributed by atoms with E-state index in [1.165, 1.54) is 0 Å². The van der Waals surface area contributed by atoms with Gasteiger partial charge in [0, 0.05) is 18.5 Å². The molecule has 3 unspecified atom stereocenters. The predicted molar refractivity (Wildman–Crippen MR) is 70.0 cm³/mol. The van der Waals surface area contributed by atoms with Gasteiger partial charge in [0.2, 0.25) is 5.91 Å². The van der Waals surface area contributed by atoms with E-state index in [4.69, 9.17) is 0 Å². The normalized spacial score (nSPS) is 35.3. The zero-order valence-corrected chi connectivity index (χ0v) is 11.6. The second kappa shape index (κ2) is 5.57. The number of sulfone groups is 1. The molecule has 0 aromatic heterocycles. The minimum absolute atomic E-state index is 0.00218. The molecule has 2 fully saturated rings. The number of hydrogen-bond acceptors (Lipinski definition) is 4. The van der Waals surface area contributed by atoms with Crippen molar-refractivity contribution < 1.29 is 13.2 Å². The standard InChI is InChI=1S/C12H22N2O3S/c1-9-11(3-2-5-13-9)14-12(15)7-10-4-6-18(16,17)8-10/h9-11,13H,2-8H2,1H3,(H,14,15). The zero-order chi connectivity index (χ0) is 13.2. The van der Waals surface area contributed by atoms with Gasteiger partial charge in [0.1, 0.15) is 0 Å². The van der Waals surface area contributed by atoms with Gasteiger partial charge in [-0.3, -0.25) is 4.79 Å². The summed E-state index contributed by atoms with van der Waals surface area (Å²) in [7, 11) is -2.88. The Bertz CT molecular complexity index is 408. The van der Waals surface area contributed by atoms with Crippen molar-refractivity contribution >= 4 is 15.7 Å². The number of amides is 1. The summed E-state index contributed by atoms with van der Waals surface area (Å²) in [6.45, 7) is 3.08. The Morgan fingerprint density at radius 2 is 2.17 bits per heavy atom. The first-order chi connectivity index (χ1) is 8.46. The van der Waals surface area contributed by atoms with Crippen molar-refractivity contribution in [1.29, 1.82) is 0 Å². The molecule has 2 rings (SSSR count). The molecule has 2 heterocycles. The highest BCUT2D eigenvalue weighted by Gasteiger charge is 2.30. The molecule has 2 N–H and O–H groups in total. The second-order valence-electron chi connectivity index (χ2n) is 5.53. The largest absolute Gasteiger partial charge is 0.352 e. The van der Waals surface area contributed by atoms with E-state index in [1.807, 2.05) is 0 Å². The number of hydrogen-bond donors (Lipinski definition) is 2. The van der Waals surface area contributed by atoms with E-state index in [0.717, 1.165) is 19.4 Å². The van der Waals surface area contributed by atoms with Gasteiger partial charge in [-0.25, -0.2) is 8.42 Å². The molecule has 5 nitrogen and oxygen atoms in total. The van der Waals surface area contributed by atoms with Crippen molar-refractivity contribution in [3.8, 4) is 0 Å². The molecule has 0 aliphatic carbocycles. The Labute approximate surface area is 109 Å². The summed E-state index contributed by atoms with van der Waals surface area (Å²) in [4.78, 5) is 11.9. The SMILES string of the molecule is CC1NCCCC1NC(=O)CC1CCS(=O)(=O)C1. The van der Waals surface area contributed by atoms with Crippen LogP contribution in [0.2, 0.25) is 0 Å². The van der Waals surface area contributed by atoms with Crippen molar-refractivity contribution in [3.05, 3.63) is 0 Å². The van der Waals surface area contributed by atoms with Gasteiger partial charge in [0.05, 0.1) is 11.5 Å². The summed E-state index contributed by atoms with van der Waals surface area (Å²) < 4.78 is 22.6. The number of piperidine rings is 1. The van der Waals surface area contributed by atoms with Gasteiger partial charge in [0.15, 0.2) is 9.84 Å². The minimum atomic E-state index is -2.88. The molecule has 0 aromatic carbocycles. The highest BCUT2D eigenvalue weighted by molar-refractivity contribution is 7.91. The highest BCUT2D eigenvalue weighted by Crippen LogP contribution is 2.21. The predicted octanol–water partition coefficient (Wildman–Crippen LogP) is 0.0679. The van der Waals surface area contributed by atoms with Crippen LogP contribution >= 0.6 is 0 Å². The van der Waals surface area contributed by atoms with Crippen molar-refractivity contribution in [2.24, 2.45) is 5.92 Å². The van der Waals surface area contributed by atoms with E-state index >= 15 is 0 Å². The maximum atomic E-state index is 11.9.